The van der Waals surface area contributed by atoms with E-state index in [-0.39, 0.29) is 11.5 Å². The first-order valence-electron chi connectivity index (χ1n) is 9.51. The number of hydrogen-bond donors (Lipinski definition) is 0. The summed E-state index contributed by atoms with van der Waals surface area (Å²) in [5.41, 5.74) is 0.139. The van der Waals surface area contributed by atoms with E-state index >= 15 is 0 Å². The summed E-state index contributed by atoms with van der Waals surface area (Å²) >= 11 is 0. The van der Waals surface area contributed by atoms with Crippen LogP contribution >= 0.6 is 0 Å². The minimum absolute atomic E-state index is 0.139. The van der Waals surface area contributed by atoms with Crippen LogP contribution in [0.5, 0.6) is 0 Å². The summed E-state index contributed by atoms with van der Waals surface area (Å²) < 4.78 is 13.9. The molecule has 2 aliphatic heterocycles. The minimum atomic E-state index is -0.466. The standard InChI is InChI=1S/C20H24FN5O/c1-15-22-18(24-8-4-5-9-24)14-19(23-15)25-10-12-26(13-11-25)20(27)16-6-2-3-7-17(16)21/h2-3,6-7,14H,4-5,8-13H2,1H3. The van der Waals surface area contributed by atoms with Crippen molar-refractivity contribution in [1.29, 1.82) is 0 Å². The van der Waals surface area contributed by atoms with E-state index in [9.17, 15) is 9.18 Å². The van der Waals surface area contributed by atoms with E-state index in [1.54, 1.807) is 23.1 Å². The molecule has 1 aromatic carbocycles. The Morgan fingerprint density at radius 1 is 0.926 bits per heavy atom. The molecule has 0 bridgehead atoms. The van der Waals surface area contributed by atoms with Crippen molar-refractivity contribution >= 4 is 17.5 Å². The predicted octanol–water partition coefficient (Wildman–Crippen LogP) is 2.49. The van der Waals surface area contributed by atoms with Gasteiger partial charge in [-0.15, -0.1) is 0 Å². The second-order valence-electron chi connectivity index (χ2n) is 7.08. The average Bonchev–Trinajstić information content (AvgIpc) is 3.22. The lowest BCUT2D eigenvalue weighted by Crippen LogP contribution is -2.49. The molecule has 0 spiro atoms. The van der Waals surface area contributed by atoms with Gasteiger partial charge in [-0.25, -0.2) is 14.4 Å². The third-order valence-corrected chi connectivity index (χ3v) is 5.24. The molecule has 1 aromatic heterocycles. The van der Waals surface area contributed by atoms with Gasteiger partial charge in [0.05, 0.1) is 5.56 Å². The van der Waals surface area contributed by atoms with Gasteiger partial charge in [-0.1, -0.05) is 12.1 Å². The monoisotopic (exact) mass is 369 g/mol. The Bertz CT molecular complexity index is 829. The minimum Gasteiger partial charge on any atom is -0.356 e. The summed E-state index contributed by atoms with van der Waals surface area (Å²) in [6.07, 6.45) is 2.41. The van der Waals surface area contributed by atoms with Crippen LogP contribution < -0.4 is 9.80 Å². The summed E-state index contributed by atoms with van der Waals surface area (Å²) in [5, 5.41) is 0. The van der Waals surface area contributed by atoms with Crippen LogP contribution in [0.1, 0.15) is 29.0 Å². The maximum Gasteiger partial charge on any atom is 0.256 e. The molecule has 6 nitrogen and oxygen atoms in total. The summed E-state index contributed by atoms with van der Waals surface area (Å²) in [6, 6.07) is 8.20. The van der Waals surface area contributed by atoms with Crippen molar-refractivity contribution < 1.29 is 9.18 Å². The molecule has 2 aromatic rings. The Balaban J connectivity index is 1.45. The molecule has 2 aliphatic rings. The number of halogens is 1. The molecule has 27 heavy (non-hydrogen) atoms. The van der Waals surface area contributed by atoms with Crippen LogP contribution in [0.2, 0.25) is 0 Å². The highest BCUT2D eigenvalue weighted by Gasteiger charge is 2.25. The Morgan fingerprint density at radius 3 is 2.15 bits per heavy atom. The molecule has 2 fully saturated rings. The smallest absolute Gasteiger partial charge is 0.256 e. The first-order valence-corrected chi connectivity index (χ1v) is 9.51. The Kier molecular flexibility index (Phi) is 4.92. The van der Waals surface area contributed by atoms with Gasteiger partial charge in [0.2, 0.25) is 0 Å². The van der Waals surface area contributed by atoms with Gasteiger partial charge in [-0.2, -0.15) is 0 Å². The number of aromatic nitrogens is 2. The largest absolute Gasteiger partial charge is 0.356 e. The van der Waals surface area contributed by atoms with Gasteiger partial charge in [-0.3, -0.25) is 4.79 Å². The van der Waals surface area contributed by atoms with Crippen molar-refractivity contribution in [2.45, 2.75) is 19.8 Å². The maximum absolute atomic E-state index is 13.9. The number of hydrogen-bond acceptors (Lipinski definition) is 5. The highest BCUT2D eigenvalue weighted by Crippen LogP contribution is 2.23. The molecule has 0 unspecified atom stereocenters. The lowest BCUT2D eigenvalue weighted by molar-refractivity contribution is 0.0742. The van der Waals surface area contributed by atoms with Gasteiger partial charge in [-0.05, 0) is 31.9 Å². The first kappa shape index (κ1) is 17.7. The number of rotatable bonds is 3. The quantitative estimate of drug-likeness (QED) is 0.832. The van der Waals surface area contributed by atoms with Crippen LogP contribution in [0, 0.1) is 12.7 Å². The van der Waals surface area contributed by atoms with Crippen LogP contribution in [0.3, 0.4) is 0 Å². The van der Waals surface area contributed by atoms with Crippen LogP contribution in [0.15, 0.2) is 30.3 Å². The van der Waals surface area contributed by atoms with Crippen molar-refractivity contribution in [1.82, 2.24) is 14.9 Å². The highest BCUT2D eigenvalue weighted by atomic mass is 19.1. The van der Waals surface area contributed by atoms with E-state index in [4.69, 9.17) is 0 Å². The van der Waals surface area contributed by atoms with Crippen LogP contribution in [0.4, 0.5) is 16.0 Å². The van der Waals surface area contributed by atoms with E-state index in [2.05, 4.69) is 19.8 Å². The van der Waals surface area contributed by atoms with Gasteiger partial charge >= 0.3 is 0 Å². The van der Waals surface area contributed by atoms with Crippen molar-refractivity contribution in [3.05, 3.63) is 47.5 Å². The van der Waals surface area contributed by atoms with Gasteiger partial charge in [0, 0.05) is 45.3 Å². The number of piperazine rings is 1. The van der Waals surface area contributed by atoms with Crippen LogP contribution in [-0.2, 0) is 0 Å². The number of aryl methyl sites for hydroxylation is 1. The molecule has 0 N–H and O–H groups in total. The summed E-state index contributed by atoms with van der Waals surface area (Å²) in [6.45, 7) is 6.46. The Hall–Kier alpha value is -2.70. The predicted molar refractivity (Wildman–Crippen MR) is 103 cm³/mol. The zero-order chi connectivity index (χ0) is 18.8. The molecular weight excluding hydrogens is 345 g/mol. The van der Waals surface area contributed by atoms with E-state index in [1.807, 2.05) is 13.0 Å². The second kappa shape index (κ2) is 7.50. The van der Waals surface area contributed by atoms with E-state index in [0.29, 0.717) is 26.2 Å². The van der Waals surface area contributed by atoms with Gasteiger partial charge < -0.3 is 14.7 Å². The molecule has 2 saturated heterocycles. The zero-order valence-electron chi connectivity index (χ0n) is 15.6. The molecule has 0 atom stereocenters. The fourth-order valence-corrected chi connectivity index (χ4v) is 3.75. The molecule has 1 amide bonds. The summed E-state index contributed by atoms with van der Waals surface area (Å²) in [5.74, 6) is 1.94. The van der Waals surface area contributed by atoms with Crippen molar-refractivity contribution in [3.63, 3.8) is 0 Å². The number of nitrogens with zero attached hydrogens (tertiary/aromatic N) is 5. The molecule has 0 saturated carbocycles. The average molecular weight is 369 g/mol. The first-order chi connectivity index (χ1) is 13.1. The maximum atomic E-state index is 13.9. The number of carbonyl (C=O) groups excluding carboxylic acids is 1. The molecule has 0 aliphatic carbocycles. The summed E-state index contributed by atoms with van der Waals surface area (Å²) in [4.78, 5) is 28.0. The molecule has 0 radical (unpaired) electrons. The van der Waals surface area contributed by atoms with Gasteiger partial charge in [0.25, 0.3) is 5.91 Å². The van der Waals surface area contributed by atoms with Gasteiger partial charge in [0.15, 0.2) is 0 Å². The SMILES string of the molecule is Cc1nc(N2CCCC2)cc(N2CCN(C(=O)c3ccccc3F)CC2)n1. The number of carbonyl (C=O) groups is 1. The van der Waals surface area contributed by atoms with Crippen LogP contribution in [0.25, 0.3) is 0 Å². The highest BCUT2D eigenvalue weighted by molar-refractivity contribution is 5.94. The summed E-state index contributed by atoms with van der Waals surface area (Å²) in [7, 11) is 0. The Labute approximate surface area is 158 Å². The zero-order valence-corrected chi connectivity index (χ0v) is 15.6. The third-order valence-electron chi connectivity index (χ3n) is 5.24. The molecule has 3 heterocycles. The van der Waals surface area contributed by atoms with E-state index in [0.717, 1.165) is 30.5 Å². The topological polar surface area (TPSA) is 52.6 Å². The number of anilines is 2. The molecule has 4 rings (SSSR count). The van der Waals surface area contributed by atoms with Crippen molar-refractivity contribution in [2.75, 3.05) is 49.1 Å². The molecule has 142 valence electrons. The lowest BCUT2D eigenvalue weighted by atomic mass is 10.1. The van der Waals surface area contributed by atoms with Crippen LogP contribution in [-0.4, -0.2) is 60.0 Å². The normalized spacial score (nSPS) is 17.5. The number of amides is 1. The third kappa shape index (κ3) is 3.72. The second-order valence-corrected chi connectivity index (χ2v) is 7.08. The molecular formula is C20H24FN5O. The van der Waals surface area contributed by atoms with Crippen molar-refractivity contribution in [3.8, 4) is 0 Å². The Morgan fingerprint density at radius 2 is 1.52 bits per heavy atom. The molecule has 7 heteroatoms. The van der Waals surface area contributed by atoms with Crippen molar-refractivity contribution in [2.24, 2.45) is 0 Å². The van der Waals surface area contributed by atoms with Gasteiger partial charge in [0.1, 0.15) is 23.3 Å². The van der Waals surface area contributed by atoms with E-state index in [1.165, 1.54) is 18.9 Å². The fourth-order valence-electron chi connectivity index (χ4n) is 3.75. The fraction of sp³-hybridized carbons (Fsp3) is 0.450. The number of benzene rings is 1. The lowest BCUT2D eigenvalue weighted by Gasteiger charge is -2.35. The van der Waals surface area contributed by atoms with E-state index < -0.39 is 5.82 Å².